The molecule has 0 aliphatic carbocycles. The highest BCUT2D eigenvalue weighted by molar-refractivity contribution is 5.99. The number of carbonyl (C=O) groups excluding carboxylic acids is 1. The van der Waals surface area contributed by atoms with Gasteiger partial charge in [0.2, 0.25) is 0 Å². The molecule has 0 atom stereocenters. The van der Waals surface area contributed by atoms with E-state index in [0.29, 0.717) is 12.4 Å². The largest absolute Gasteiger partial charge is 0.494 e. The van der Waals surface area contributed by atoms with Crippen LogP contribution in [0.4, 0.5) is 0 Å². The van der Waals surface area contributed by atoms with Gasteiger partial charge in [0.05, 0.1) is 6.61 Å². The maximum absolute atomic E-state index is 12.4. The monoisotopic (exact) mass is 397 g/mol. The lowest BCUT2D eigenvalue weighted by atomic mass is 10.0. The normalized spacial score (nSPS) is 10.9. The van der Waals surface area contributed by atoms with Crippen LogP contribution < -0.4 is 9.47 Å². The smallest absolute Gasteiger partial charge is 0.354 e. The Morgan fingerprint density at radius 1 is 0.900 bits per heavy atom. The minimum Gasteiger partial charge on any atom is -0.494 e. The Morgan fingerprint density at radius 2 is 1.47 bits per heavy atom. The predicted molar refractivity (Wildman–Crippen MR) is 118 cm³/mol. The average molecular weight is 397 g/mol. The molecule has 0 aliphatic heterocycles. The highest BCUT2D eigenvalue weighted by atomic mass is 16.5. The van der Waals surface area contributed by atoms with Crippen molar-refractivity contribution in [3.8, 4) is 28.7 Å². The van der Waals surface area contributed by atoms with Crippen LogP contribution in [-0.2, 0) is 4.79 Å². The molecular formula is C26H23NO3. The molecule has 0 aromatic heterocycles. The van der Waals surface area contributed by atoms with E-state index in [4.69, 9.17) is 9.47 Å². The van der Waals surface area contributed by atoms with Gasteiger partial charge in [0.25, 0.3) is 0 Å². The van der Waals surface area contributed by atoms with Gasteiger partial charge >= 0.3 is 5.97 Å². The summed E-state index contributed by atoms with van der Waals surface area (Å²) < 4.78 is 10.9. The molecule has 4 heteroatoms. The Kier molecular flexibility index (Phi) is 7.02. The summed E-state index contributed by atoms with van der Waals surface area (Å²) in [5.74, 6) is 0.455. The zero-order valence-corrected chi connectivity index (χ0v) is 17.1. The summed E-state index contributed by atoms with van der Waals surface area (Å²) in [6, 6.07) is 24.6. The Balaban J connectivity index is 1.68. The van der Waals surface area contributed by atoms with Crippen LogP contribution in [0.1, 0.15) is 24.5 Å². The molecule has 0 N–H and O–H groups in total. The zero-order valence-electron chi connectivity index (χ0n) is 17.1. The van der Waals surface area contributed by atoms with Crippen LogP contribution in [0.3, 0.4) is 0 Å². The Bertz CT molecular complexity index is 1060. The summed E-state index contributed by atoms with van der Waals surface area (Å²) in [6.45, 7) is 4.73. The number of carbonyl (C=O) groups is 1. The number of rotatable bonds is 7. The minimum atomic E-state index is -0.688. The van der Waals surface area contributed by atoms with Gasteiger partial charge in [-0.2, -0.15) is 5.26 Å². The van der Waals surface area contributed by atoms with Gasteiger partial charge < -0.3 is 9.47 Å². The Labute approximate surface area is 177 Å². The number of esters is 1. The topological polar surface area (TPSA) is 59.3 Å². The maximum Gasteiger partial charge on any atom is 0.354 e. The zero-order chi connectivity index (χ0) is 21.3. The van der Waals surface area contributed by atoms with E-state index in [2.05, 4.69) is 12.1 Å². The van der Waals surface area contributed by atoms with E-state index in [-0.39, 0.29) is 5.57 Å². The Morgan fingerprint density at radius 3 is 2.03 bits per heavy atom. The van der Waals surface area contributed by atoms with Gasteiger partial charge in [0, 0.05) is 0 Å². The lowest BCUT2D eigenvalue weighted by Crippen LogP contribution is -2.10. The molecule has 0 bridgehead atoms. The number of nitriles is 1. The van der Waals surface area contributed by atoms with E-state index >= 15 is 0 Å². The van der Waals surface area contributed by atoms with E-state index in [1.54, 1.807) is 24.3 Å². The van der Waals surface area contributed by atoms with Crippen molar-refractivity contribution in [1.82, 2.24) is 0 Å². The SMILES string of the molecule is CCCOc1ccc(/C=C(\C#N)C(=O)Oc2ccc(-c3ccc(C)cc3)cc2)cc1. The number of aryl methyl sites for hydroxylation is 1. The molecule has 0 spiro atoms. The van der Waals surface area contributed by atoms with Crippen molar-refractivity contribution in [3.63, 3.8) is 0 Å². The van der Waals surface area contributed by atoms with E-state index in [9.17, 15) is 10.1 Å². The summed E-state index contributed by atoms with van der Waals surface area (Å²) >= 11 is 0. The summed E-state index contributed by atoms with van der Waals surface area (Å²) in [6.07, 6.45) is 2.44. The van der Waals surface area contributed by atoms with E-state index < -0.39 is 5.97 Å². The Hall–Kier alpha value is -3.84. The summed E-state index contributed by atoms with van der Waals surface area (Å²) in [4.78, 5) is 12.4. The molecule has 3 rings (SSSR count). The van der Waals surface area contributed by atoms with Crippen LogP contribution in [0.15, 0.2) is 78.4 Å². The van der Waals surface area contributed by atoms with Crippen LogP contribution in [0.5, 0.6) is 11.5 Å². The molecule has 4 nitrogen and oxygen atoms in total. The molecule has 0 heterocycles. The third-order valence-corrected chi connectivity index (χ3v) is 4.45. The fourth-order valence-corrected chi connectivity index (χ4v) is 2.81. The second kappa shape index (κ2) is 10.1. The standard InChI is InChI=1S/C26H23NO3/c1-3-16-29-24-12-6-20(7-13-24)17-23(18-27)26(28)30-25-14-10-22(11-15-25)21-8-4-19(2)5-9-21/h4-15,17H,3,16H2,1-2H3/b23-17+. The van der Waals surface area contributed by atoms with Gasteiger partial charge in [-0.1, -0.05) is 61.0 Å². The summed E-state index contributed by atoms with van der Waals surface area (Å²) in [5, 5.41) is 9.38. The van der Waals surface area contributed by atoms with Crippen LogP contribution >= 0.6 is 0 Å². The molecule has 150 valence electrons. The molecule has 0 fully saturated rings. The molecule has 0 saturated heterocycles. The van der Waals surface area contributed by atoms with Crippen molar-refractivity contribution in [3.05, 3.63) is 89.5 Å². The summed E-state index contributed by atoms with van der Waals surface area (Å²) in [7, 11) is 0. The fraction of sp³-hybridized carbons (Fsp3) is 0.154. The average Bonchev–Trinajstić information content (AvgIpc) is 2.78. The lowest BCUT2D eigenvalue weighted by molar-refractivity contribution is -0.129. The first kappa shape index (κ1) is 20.9. The van der Waals surface area contributed by atoms with Gasteiger partial charge in [0.1, 0.15) is 23.1 Å². The van der Waals surface area contributed by atoms with Gasteiger partial charge in [-0.05, 0) is 60.4 Å². The molecule has 30 heavy (non-hydrogen) atoms. The van der Waals surface area contributed by atoms with Gasteiger partial charge in [-0.3, -0.25) is 0 Å². The van der Waals surface area contributed by atoms with E-state index in [1.165, 1.54) is 11.6 Å². The van der Waals surface area contributed by atoms with Gasteiger partial charge in [-0.25, -0.2) is 4.79 Å². The summed E-state index contributed by atoms with van der Waals surface area (Å²) in [5.41, 5.74) is 3.96. The van der Waals surface area contributed by atoms with Crippen molar-refractivity contribution in [2.45, 2.75) is 20.3 Å². The molecule has 0 saturated carbocycles. The predicted octanol–water partition coefficient (Wildman–Crippen LogP) is 5.96. The minimum absolute atomic E-state index is 0.0696. The molecule has 3 aromatic rings. The first-order valence-electron chi connectivity index (χ1n) is 9.83. The van der Waals surface area contributed by atoms with Crippen LogP contribution in [0, 0.1) is 18.3 Å². The van der Waals surface area contributed by atoms with Crippen LogP contribution in [0.25, 0.3) is 17.2 Å². The number of ether oxygens (including phenoxy) is 2. The third-order valence-electron chi connectivity index (χ3n) is 4.45. The molecule has 0 radical (unpaired) electrons. The first-order chi connectivity index (χ1) is 14.6. The molecular weight excluding hydrogens is 374 g/mol. The molecule has 0 aliphatic rings. The van der Waals surface area contributed by atoms with Crippen LogP contribution in [-0.4, -0.2) is 12.6 Å². The second-order valence-electron chi connectivity index (χ2n) is 6.87. The van der Waals surface area contributed by atoms with Crippen molar-refractivity contribution in [1.29, 1.82) is 5.26 Å². The number of nitrogens with zero attached hydrogens (tertiary/aromatic N) is 1. The van der Waals surface area contributed by atoms with Crippen molar-refractivity contribution in [2.75, 3.05) is 6.61 Å². The maximum atomic E-state index is 12.4. The second-order valence-corrected chi connectivity index (χ2v) is 6.87. The highest BCUT2D eigenvalue weighted by Gasteiger charge is 2.12. The quantitative estimate of drug-likeness (QED) is 0.213. The molecule has 0 unspecified atom stereocenters. The fourth-order valence-electron chi connectivity index (χ4n) is 2.81. The van der Waals surface area contributed by atoms with Crippen molar-refractivity contribution < 1.29 is 14.3 Å². The van der Waals surface area contributed by atoms with Crippen LogP contribution in [0.2, 0.25) is 0 Å². The van der Waals surface area contributed by atoms with E-state index in [1.807, 2.05) is 56.3 Å². The number of hydrogen-bond donors (Lipinski definition) is 0. The lowest BCUT2D eigenvalue weighted by Gasteiger charge is -2.06. The van der Waals surface area contributed by atoms with E-state index in [0.717, 1.165) is 28.9 Å². The van der Waals surface area contributed by atoms with Crippen molar-refractivity contribution >= 4 is 12.0 Å². The van der Waals surface area contributed by atoms with Gasteiger partial charge in [0.15, 0.2) is 0 Å². The first-order valence-corrected chi connectivity index (χ1v) is 9.83. The molecule has 0 amide bonds. The highest BCUT2D eigenvalue weighted by Crippen LogP contribution is 2.23. The number of benzene rings is 3. The number of hydrogen-bond acceptors (Lipinski definition) is 4. The van der Waals surface area contributed by atoms with Gasteiger partial charge in [-0.15, -0.1) is 0 Å². The molecule has 3 aromatic carbocycles. The third kappa shape index (κ3) is 5.59. The van der Waals surface area contributed by atoms with Crippen molar-refractivity contribution in [2.24, 2.45) is 0 Å².